The highest BCUT2D eigenvalue weighted by atomic mass is 16.3. The molecule has 0 spiro atoms. The van der Waals surface area contributed by atoms with E-state index in [0.29, 0.717) is 0 Å². The van der Waals surface area contributed by atoms with Gasteiger partial charge in [0, 0.05) is 12.7 Å². The number of aliphatic hydroxyl groups is 1. The Morgan fingerprint density at radius 1 is 1.60 bits per heavy atom. The standard InChI is InChI=1S/C12H20N2O/c1-3-8-14-11(6-7-13-14)12(2,15)9-10-4-5-10/h6-7,10,15H,3-5,8-9H2,1-2H3. The van der Waals surface area contributed by atoms with Crippen LogP contribution in [0.5, 0.6) is 0 Å². The van der Waals surface area contributed by atoms with Crippen molar-refractivity contribution in [2.75, 3.05) is 0 Å². The molecule has 1 unspecified atom stereocenters. The molecular formula is C12H20N2O. The maximum Gasteiger partial charge on any atom is 0.104 e. The Morgan fingerprint density at radius 3 is 2.93 bits per heavy atom. The fourth-order valence-electron chi connectivity index (χ4n) is 2.17. The zero-order valence-electron chi connectivity index (χ0n) is 9.61. The predicted octanol–water partition coefficient (Wildman–Crippen LogP) is 2.30. The smallest absolute Gasteiger partial charge is 0.104 e. The Balaban J connectivity index is 2.14. The first kappa shape index (κ1) is 10.7. The van der Waals surface area contributed by atoms with Crippen LogP contribution in [0.1, 0.15) is 45.2 Å². The molecule has 0 aliphatic heterocycles. The molecule has 1 aromatic heterocycles. The van der Waals surface area contributed by atoms with Crippen molar-refractivity contribution < 1.29 is 5.11 Å². The third kappa shape index (κ3) is 2.40. The molecule has 1 fully saturated rings. The van der Waals surface area contributed by atoms with Crippen LogP contribution < -0.4 is 0 Å². The molecular weight excluding hydrogens is 188 g/mol. The van der Waals surface area contributed by atoms with Crippen LogP contribution >= 0.6 is 0 Å². The largest absolute Gasteiger partial charge is 0.384 e. The molecule has 1 aromatic rings. The van der Waals surface area contributed by atoms with E-state index in [-0.39, 0.29) is 0 Å². The van der Waals surface area contributed by atoms with E-state index < -0.39 is 5.60 Å². The van der Waals surface area contributed by atoms with E-state index in [9.17, 15) is 5.11 Å². The molecule has 1 aliphatic rings. The summed E-state index contributed by atoms with van der Waals surface area (Å²) in [5.74, 6) is 0.727. The van der Waals surface area contributed by atoms with E-state index in [0.717, 1.165) is 31.0 Å². The molecule has 0 saturated heterocycles. The van der Waals surface area contributed by atoms with Crippen molar-refractivity contribution >= 4 is 0 Å². The van der Waals surface area contributed by atoms with Gasteiger partial charge in [-0.05, 0) is 31.7 Å². The van der Waals surface area contributed by atoms with Gasteiger partial charge in [-0.15, -0.1) is 0 Å². The van der Waals surface area contributed by atoms with Crippen LogP contribution in [0.4, 0.5) is 0 Å². The number of rotatable bonds is 5. The lowest BCUT2D eigenvalue weighted by atomic mass is 9.95. The van der Waals surface area contributed by atoms with Crippen molar-refractivity contribution in [2.24, 2.45) is 5.92 Å². The molecule has 1 atom stereocenters. The number of hydrogen-bond acceptors (Lipinski definition) is 2. The van der Waals surface area contributed by atoms with Crippen LogP contribution in [0.25, 0.3) is 0 Å². The third-order valence-electron chi connectivity index (χ3n) is 3.09. The minimum Gasteiger partial charge on any atom is -0.384 e. The first-order chi connectivity index (χ1) is 7.13. The van der Waals surface area contributed by atoms with Gasteiger partial charge < -0.3 is 5.11 Å². The lowest BCUT2D eigenvalue weighted by Crippen LogP contribution is -2.26. The van der Waals surface area contributed by atoms with Gasteiger partial charge in [-0.1, -0.05) is 19.8 Å². The summed E-state index contributed by atoms with van der Waals surface area (Å²) < 4.78 is 1.93. The normalized spacial score (nSPS) is 20.2. The Bertz CT molecular complexity index is 326. The average molecular weight is 208 g/mol. The summed E-state index contributed by atoms with van der Waals surface area (Å²) in [5.41, 5.74) is 0.267. The Labute approximate surface area is 91.1 Å². The molecule has 15 heavy (non-hydrogen) atoms. The minimum atomic E-state index is -0.702. The van der Waals surface area contributed by atoms with Crippen LogP contribution in [-0.2, 0) is 12.1 Å². The maximum atomic E-state index is 10.4. The summed E-state index contributed by atoms with van der Waals surface area (Å²) >= 11 is 0. The lowest BCUT2D eigenvalue weighted by Gasteiger charge is -2.24. The summed E-state index contributed by atoms with van der Waals surface area (Å²) in [5, 5.41) is 14.7. The van der Waals surface area contributed by atoms with Crippen molar-refractivity contribution in [1.82, 2.24) is 9.78 Å². The molecule has 1 N–H and O–H groups in total. The van der Waals surface area contributed by atoms with Gasteiger partial charge in [0.25, 0.3) is 0 Å². The van der Waals surface area contributed by atoms with Gasteiger partial charge in [-0.25, -0.2) is 0 Å². The van der Waals surface area contributed by atoms with Crippen LogP contribution in [0.2, 0.25) is 0 Å². The molecule has 1 heterocycles. The van der Waals surface area contributed by atoms with Crippen molar-refractivity contribution in [1.29, 1.82) is 0 Å². The van der Waals surface area contributed by atoms with E-state index in [1.54, 1.807) is 6.20 Å². The predicted molar refractivity (Wildman–Crippen MR) is 59.4 cm³/mol. The number of hydrogen-bond donors (Lipinski definition) is 1. The monoisotopic (exact) mass is 208 g/mol. The van der Waals surface area contributed by atoms with Crippen molar-refractivity contribution in [3.63, 3.8) is 0 Å². The fraction of sp³-hybridized carbons (Fsp3) is 0.750. The summed E-state index contributed by atoms with van der Waals surface area (Å²) in [4.78, 5) is 0. The van der Waals surface area contributed by atoms with Gasteiger partial charge in [-0.2, -0.15) is 5.10 Å². The van der Waals surface area contributed by atoms with Crippen LogP contribution in [0.3, 0.4) is 0 Å². The Kier molecular flexibility index (Phi) is 2.83. The second-order valence-electron chi connectivity index (χ2n) is 4.86. The minimum absolute atomic E-state index is 0.702. The van der Waals surface area contributed by atoms with Gasteiger partial charge in [0.05, 0.1) is 5.69 Å². The van der Waals surface area contributed by atoms with Gasteiger partial charge in [0.2, 0.25) is 0 Å². The van der Waals surface area contributed by atoms with E-state index in [4.69, 9.17) is 0 Å². The fourth-order valence-corrected chi connectivity index (χ4v) is 2.17. The summed E-state index contributed by atoms with van der Waals surface area (Å²) in [6, 6.07) is 1.94. The second kappa shape index (κ2) is 3.97. The van der Waals surface area contributed by atoms with E-state index in [2.05, 4.69) is 12.0 Å². The van der Waals surface area contributed by atoms with Crippen molar-refractivity contribution in [2.45, 2.75) is 51.7 Å². The third-order valence-corrected chi connectivity index (χ3v) is 3.09. The van der Waals surface area contributed by atoms with E-state index in [1.165, 1.54) is 12.8 Å². The van der Waals surface area contributed by atoms with Crippen molar-refractivity contribution in [3.8, 4) is 0 Å². The van der Waals surface area contributed by atoms with Crippen LogP contribution in [0, 0.1) is 5.92 Å². The topological polar surface area (TPSA) is 38.0 Å². The van der Waals surface area contributed by atoms with Gasteiger partial charge in [-0.3, -0.25) is 4.68 Å². The molecule has 1 saturated carbocycles. The molecule has 0 amide bonds. The molecule has 0 aromatic carbocycles. The highest BCUT2D eigenvalue weighted by molar-refractivity contribution is 5.11. The lowest BCUT2D eigenvalue weighted by molar-refractivity contribution is 0.0324. The highest BCUT2D eigenvalue weighted by Crippen LogP contribution is 2.40. The van der Waals surface area contributed by atoms with Gasteiger partial charge >= 0.3 is 0 Å². The molecule has 3 nitrogen and oxygen atoms in total. The molecule has 0 radical (unpaired) electrons. The first-order valence-electron chi connectivity index (χ1n) is 5.88. The van der Waals surface area contributed by atoms with Crippen molar-refractivity contribution in [3.05, 3.63) is 18.0 Å². The molecule has 84 valence electrons. The van der Waals surface area contributed by atoms with Crippen LogP contribution in [0.15, 0.2) is 12.3 Å². The second-order valence-corrected chi connectivity index (χ2v) is 4.86. The molecule has 0 bridgehead atoms. The summed E-state index contributed by atoms with van der Waals surface area (Å²) in [6.45, 7) is 4.93. The summed E-state index contributed by atoms with van der Waals surface area (Å²) in [7, 11) is 0. The number of aromatic nitrogens is 2. The van der Waals surface area contributed by atoms with Crippen LogP contribution in [-0.4, -0.2) is 14.9 Å². The maximum absolute atomic E-state index is 10.4. The molecule has 2 rings (SSSR count). The summed E-state index contributed by atoms with van der Waals surface area (Å²) in [6.07, 6.45) is 6.26. The zero-order valence-corrected chi connectivity index (χ0v) is 9.61. The molecule has 1 aliphatic carbocycles. The first-order valence-corrected chi connectivity index (χ1v) is 5.88. The Hall–Kier alpha value is -0.830. The number of aryl methyl sites for hydroxylation is 1. The van der Waals surface area contributed by atoms with Gasteiger partial charge in [0.1, 0.15) is 5.60 Å². The van der Waals surface area contributed by atoms with E-state index in [1.807, 2.05) is 17.7 Å². The SMILES string of the molecule is CCCn1nccc1C(C)(O)CC1CC1. The van der Waals surface area contributed by atoms with E-state index >= 15 is 0 Å². The Morgan fingerprint density at radius 2 is 2.33 bits per heavy atom. The molecule has 3 heteroatoms. The quantitative estimate of drug-likeness (QED) is 0.806. The highest BCUT2D eigenvalue weighted by Gasteiger charge is 2.34. The zero-order chi connectivity index (χ0) is 10.9. The van der Waals surface area contributed by atoms with Gasteiger partial charge in [0.15, 0.2) is 0 Å². The number of nitrogens with zero attached hydrogens (tertiary/aromatic N) is 2. The average Bonchev–Trinajstić information content (AvgIpc) is 2.82.